The Bertz CT molecular complexity index is 583. The highest BCUT2D eigenvalue weighted by molar-refractivity contribution is 7.91. The summed E-state index contributed by atoms with van der Waals surface area (Å²) in [5.41, 5.74) is 2.39. The predicted molar refractivity (Wildman–Crippen MR) is 85.7 cm³/mol. The summed E-state index contributed by atoms with van der Waals surface area (Å²) in [5.74, 6) is 1.88. The minimum atomic E-state index is -2.79. The van der Waals surface area contributed by atoms with Crippen LogP contribution in [0.2, 0.25) is 0 Å². The van der Waals surface area contributed by atoms with E-state index in [4.69, 9.17) is 4.74 Å². The first-order chi connectivity index (χ1) is 9.93. The van der Waals surface area contributed by atoms with Crippen molar-refractivity contribution in [3.8, 4) is 5.75 Å². The average Bonchev–Trinajstić information content (AvgIpc) is 2.77. The zero-order valence-electron chi connectivity index (χ0n) is 13.1. The zero-order valence-corrected chi connectivity index (χ0v) is 13.9. The average molecular weight is 311 g/mol. The summed E-state index contributed by atoms with van der Waals surface area (Å²) < 4.78 is 28.6. The van der Waals surface area contributed by atoms with Gasteiger partial charge in [0.1, 0.15) is 5.75 Å². The number of benzene rings is 1. The van der Waals surface area contributed by atoms with Crippen molar-refractivity contribution in [3.05, 3.63) is 29.3 Å². The molecule has 1 fully saturated rings. The Morgan fingerprint density at radius 3 is 2.76 bits per heavy atom. The molecule has 5 heteroatoms. The van der Waals surface area contributed by atoms with Crippen LogP contribution in [-0.2, 0) is 16.3 Å². The Morgan fingerprint density at radius 2 is 2.19 bits per heavy atom. The Labute approximate surface area is 127 Å². The molecular weight excluding hydrogens is 286 g/mol. The number of likely N-dealkylation sites (N-methyl/N-ethyl adjacent to an activating group) is 1. The monoisotopic (exact) mass is 311 g/mol. The van der Waals surface area contributed by atoms with Gasteiger partial charge in [-0.2, -0.15) is 0 Å². The fourth-order valence-electron chi connectivity index (χ4n) is 3.10. The fraction of sp³-hybridized carbons (Fsp3) is 0.625. The second kappa shape index (κ2) is 6.79. The molecule has 1 aliphatic heterocycles. The molecule has 1 aromatic carbocycles. The summed E-state index contributed by atoms with van der Waals surface area (Å²) in [6.45, 7) is 2.07. The molecule has 0 saturated carbocycles. The Kier molecular flexibility index (Phi) is 5.27. The van der Waals surface area contributed by atoms with Crippen molar-refractivity contribution in [1.82, 2.24) is 5.32 Å². The third kappa shape index (κ3) is 4.45. The molecule has 0 amide bonds. The molecule has 2 unspecified atom stereocenters. The standard InChI is InChI=1S/C16H25NO3S/c1-12-4-5-16(20-3)14(8-12)10-15(17-2)9-13-6-7-21(18,19)11-13/h4-5,8,13,15,17H,6-7,9-11H2,1-3H3. The topological polar surface area (TPSA) is 55.4 Å². The largest absolute Gasteiger partial charge is 0.496 e. The van der Waals surface area contributed by atoms with Gasteiger partial charge in [-0.25, -0.2) is 8.42 Å². The molecule has 0 aliphatic carbocycles. The number of hydrogen-bond acceptors (Lipinski definition) is 4. The smallest absolute Gasteiger partial charge is 0.150 e. The van der Waals surface area contributed by atoms with E-state index in [1.807, 2.05) is 19.2 Å². The molecule has 1 aliphatic rings. The third-order valence-electron chi connectivity index (χ3n) is 4.26. The third-order valence-corrected chi connectivity index (χ3v) is 6.09. The number of ether oxygens (including phenoxy) is 1. The number of methoxy groups -OCH3 is 1. The fourth-order valence-corrected chi connectivity index (χ4v) is 4.98. The molecule has 0 bridgehead atoms. The lowest BCUT2D eigenvalue weighted by atomic mass is 9.94. The van der Waals surface area contributed by atoms with Gasteiger partial charge in [0.2, 0.25) is 0 Å². The Morgan fingerprint density at radius 1 is 1.43 bits per heavy atom. The molecule has 1 heterocycles. The van der Waals surface area contributed by atoms with Crippen LogP contribution < -0.4 is 10.1 Å². The maximum absolute atomic E-state index is 11.6. The van der Waals surface area contributed by atoms with Gasteiger partial charge in [0, 0.05) is 6.04 Å². The van der Waals surface area contributed by atoms with E-state index in [0.717, 1.165) is 25.0 Å². The summed E-state index contributed by atoms with van der Waals surface area (Å²) in [4.78, 5) is 0. The van der Waals surface area contributed by atoms with Crippen molar-refractivity contribution in [3.63, 3.8) is 0 Å². The Balaban J connectivity index is 2.04. The van der Waals surface area contributed by atoms with E-state index < -0.39 is 9.84 Å². The summed E-state index contributed by atoms with van der Waals surface area (Å²) >= 11 is 0. The van der Waals surface area contributed by atoms with Gasteiger partial charge in [-0.1, -0.05) is 17.7 Å². The van der Waals surface area contributed by atoms with Crippen molar-refractivity contribution in [2.45, 2.75) is 32.2 Å². The minimum absolute atomic E-state index is 0.277. The molecule has 4 nitrogen and oxygen atoms in total. The van der Waals surface area contributed by atoms with Crippen molar-refractivity contribution in [2.24, 2.45) is 5.92 Å². The van der Waals surface area contributed by atoms with Crippen LogP contribution in [-0.4, -0.2) is 40.1 Å². The van der Waals surface area contributed by atoms with Crippen molar-refractivity contribution < 1.29 is 13.2 Å². The van der Waals surface area contributed by atoms with Crippen LogP contribution in [0.4, 0.5) is 0 Å². The van der Waals surface area contributed by atoms with E-state index in [-0.39, 0.29) is 12.0 Å². The van der Waals surface area contributed by atoms with E-state index in [1.165, 1.54) is 11.1 Å². The lowest BCUT2D eigenvalue weighted by Gasteiger charge is -2.21. The van der Waals surface area contributed by atoms with Crippen molar-refractivity contribution >= 4 is 9.84 Å². The van der Waals surface area contributed by atoms with Crippen LogP contribution in [0, 0.1) is 12.8 Å². The molecule has 118 valence electrons. The van der Waals surface area contributed by atoms with Gasteiger partial charge >= 0.3 is 0 Å². The van der Waals surface area contributed by atoms with E-state index in [0.29, 0.717) is 11.5 Å². The summed E-state index contributed by atoms with van der Waals surface area (Å²) in [6, 6.07) is 6.46. The molecule has 0 spiro atoms. The molecular formula is C16H25NO3S. The number of sulfone groups is 1. The van der Waals surface area contributed by atoms with Gasteiger partial charge in [-0.15, -0.1) is 0 Å². The molecule has 21 heavy (non-hydrogen) atoms. The lowest BCUT2D eigenvalue weighted by molar-refractivity contribution is 0.393. The predicted octanol–water partition coefficient (Wildman–Crippen LogP) is 1.96. The molecule has 0 aromatic heterocycles. The van der Waals surface area contributed by atoms with Crippen LogP contribution in [0.1, 0.15) is 24.0 Å². The molecule has 1 N–H and O–H groups in total. The van der Waals surface area contributed by atoms with E-state index in [9.17, 15) is 8.42 Å². The maximum atomic E-state index is 11.6. The molecule has 1 aromatic rings. The van der Waals surface area contributed by atoms with Crippen LogP contribution in [0.15, 0.2) is 18.2 Å². The molecule has 0 radical (unpaired) electrons. The first kappa shape index (κ1) is 16.3. The first-order valence-corrected chi connectivity index (χ1v) is 9.27. The van der Waals surface area contributed by atoms with E-state index in [2.05, 4.69) is 18.3 Å². The Hall–Kier alpha value is -1.07. The normalized spacial score (nSPS) is 22.1. The molecule has 2 atom stereocenters. The van der Waals surface area contributed by atoms with Gasteiger partial charge in [-0.3, -0.25) is 0 Å². The number of aryl methyl sites for hydroxylation is 1. The van der Waals surface area contributed by atoms with E-state index in [1.54, 1.807) is 7.11 Å². The first-order valence-electron chi connectivity index (χ1n) is 7.44. The van der Waals surface area contributed by atoms with Gasteiger partial charge in [0.05, 0.1) is 18.6 Å². The van der Waals surface area contributed by atoms with Gasteiger partial charge in [0.15, 0.2) is 9.84 Å². The minimum Gasteiger partial charge on any atom is -0.496 e. The highest BCUT2D eigenvalue weighted by Gasteiger charge is 2.29. The van der Waals surface area contributed by atoms with Gasteiger partial charge < -0.3 is 10.1 Å². The van der Waals surface area contributed by atoms with Crippen molar-refractivity contribution in [1.29, 1.82) is 0 Å². The van der Waals surface area contributed by atoms with Crippen LogP contribution in [0.3, 0.4) is 0 Å². The van der Waals surface area contributed by atoms with Crippen molar-refractivity contribution in [2.75, 3.05) is 25.7 Å². The van der Waals surface area contributed by atoms with Crippen LogP contribution >= 0.6 is 0 Å². The highest BCUT2D eigenvalue weighted by Crippen LogP contribution is 2.26. The highest BCUT2D eigenvalue weighted by atomic mass is 32.2. The molecule has 2 rings (SSSR count). The number of hydrogen-bond donors (Lipinski definition) is 1. The molecule has 1 saturated heterocycles. The second-order valence-corrected chi connectivity index (χ2v) is 8.24. The maximum Gasteiger partial charge on any atom is 0.150 e. The SMILES string of the molecule is CNC(Cc1cc(C)ccc1OC)CC1CCS(=O)(=O)C1. The number of rotatable bonds is 6. The second-order valence-electron chi connectivity index (χ2n) is 6.01. The number of nitrogens with one attached hydrogen (secondary N) is 1. The quantitative estimate of drug-likeness (QED) is 0.872. The zero-order chi connectivity index (χ0) is 15.5. The van der Waals surface area contributed by atoms with Gasteiger partial charge in [-0.05, 0) is 50.8 Å². The van der Waals surface area contributed by atoms with Crippen LogP contribution in [0.5, 0.6) is 5.75 Å². The van der Waals surface area contributed by atoms with Gasteiger partial charge in [0.25, 0.3) is 0 Å². The summed E-state index contributed by atoms with van der Waals surface area (Å²) in [5, 5.41) is 3.33. The van der Waals surface area contributed by atoms with E-state index >= 15 is 0 Å². The lowest BCUT2D eigenvalue weighted by Crippen LogP contribution is -2.30. The summed E-state index contributed by atoms with van der Waals surface area (Å²) in [6.07, 6.45) is 2.55. The summed E-state index contributed by atoms with van der Waals surface area (Å²) in [7, 11) is 0.833. The van der Waals surface area contributed by atoms with Crippen LogP contribution in [0.25, 0.3) is 0 Å².